The van der Waals surface area contributed by atoms with Gasteiger partial charge in [-0.05, 0) is 55.8 Å². The number of carbonyl (C=O) groups is 2. The Morgan fingerprint density at radius 2 is 2.12 bits per heavy atom. The average molecular weight is 378 g/mol. The fourth-order valence-corrected chi connectivity index (χ4v) is 3.72. The molecule has 1 saturated carbocycles. The monoisotopic (exact) mass is 377 g/mol. The zero-order valence-electron chi connectivity index (χ0n) is 15.4. The number of benzene rings is 1. The quantitative estimate of drug-likeness (QED) is 0.767. The minimum atomic E-state index is -0.0224. The average Bonchev–Trinajstić information content (AvgIpc) is 3.47. The Balaban J connectivity index is 1.68. The molecule has 6 heteroatoms. The van der Waals surface area contributed by atoms with Crippen molar-refractivity contribution in [3.63, 3.8) is 0 Å². The molecule has 1 atom stereocenters. The fourth-order valence-electron chi connectivity index (χ4n) is 3.54. The van der Waals surface area contributed by atoms with Crippen molar-refractivity contribution in [3.8, 4) is 0 Å². The van der Waals surface area contributed by atoms with E-state index in [9.17, 15) is 9.59 Å². The second-order valence-electron chi connectivity index (χ2n) is 7.40. The summed E-state index contributed by atoms with van der Waals surface area (Å²) in [5.41, 5.74) is 2.12. The molecule has 1 aromatic carbocycles. The van der Waals surface area contributed by atoms with Crippen LogP contribution in [0.25, 0.3) is 0 Å². The normalized spacial score (nSPS) is 19.8. The zero-order chi connectivity index (χ0) is 18.5. The van der Waals surface area contributed by atoms with Gasteiger partial charge in [-0.15, -0.1) is 0 Å². The number of piperidine rings is 1. The van der Waals surface area contributed by atoms with E-state index in [1.807, 2.05) is 17.0 Å². The summed E-state index contributed by atoms with van der Waals surface area (Å²) >= 11 is 6.42. The zero-order valence-corrected chi connectivity index (χ0v) is 16.1. The van der Waals surface area contributed by atoms with Crippen LogP contribution in [0.5, 0.6) is 0 Å². The van der Waals surface area contributed by atoms with E-state index in [-0.39, 0.29) is 17.7 Å². The van der Waals surface area contributed by atoms with Gasteiger partial charge in [0.15, 0.2) is 0 Å². The summed E-state index contributed by atoms with van der Waals surface area (Å²) in [5.74, 6) is 0.330. The molecule has 1 saturated heterocycles. The molecule has 3 rings (SSSR count). The number of carbonyl (C=O) groups excluding carboxylic acids is 2. The molecule has 5 nitrogen and oxygen atoms in total. The Labute approximate surface area is 160 Å². The van der Waals surface area contributed by atoms with Crippen LogP contribution in [0.3, 0.4) is 0 Å². The van der Waals surface area contributed by atoms with Crippen LogP contribution in [0.15, 0.2) is 18.2 Å². The maximum atomic E-state index is 13.0. The molecule has 1 heterocycles. The Bertz CT molecular complexity index is 654. The van der Waals surface area contributed by atoms with Gasteiger partial charge in [-0.25, -0.2) is 0 Å². The van der Waals surface area contributed by atoms with Crippen LogP contribution in [0.2, 0.25) is 5.02 Å². The van der Waals surface area contributed by atoms with Crippen molar-refractivity contribution in [1.29, 1.82) is 0 Å². The summed E-state index contributed by atoms with van der Waals surface area (Å²) in [6.07, 6.45) is 4.97. The molecule has 2 fully saturated rings. The molecular weight excluding hydrogens is 350 g/mol. The van der Waals surface area contributed by atoms with Crippen molar-refractivity contribution in [2.75, 3.05) is 19.6 Å². The van der Waals surface area contributed by atoms with E-state index in [1.54, 1.807) is 0 Å². The smallest absolute Gasteiger partial charge is 0.227 e. The summed E-state index contributed by atoms with van der Waals surface area (Å²) in [5, 5.41) is 6.86. The lowest BCUT2D eigenvalue weighted by molar-refractivity contribution is -0.137. The van der Waals surface area contributed by atoms with E-state index in [4.69, 9.17) is 11.6 Å². The lowest BCUT2D eigenvalue weighted by Gasteiger charge is -2.30. The highest BCUT2D eigenvalue weighted by atomic mass is 35.5. The molecular formula is C20H28ClN3O2. The van der Waals surface area contributed by atoms with Gasteiger partial charge in [0.1, 0.15) is 0 Å². The first-order chi connectivity index (χ1) is 12.5. The molecule has 0 spiro atoms. The van der Waals surface area contributed by atoms with Crippen molar-refractivity contribution in [2.24, 2.45) is 5.92 Å². The molecule has 1 aliphatic heterocycles. The van der Waals surface area contributed by atoms with E-state index in [2.05, 4.69) is 16.7 Å². The van der Waals surface area contributed by atoms with Crippen LogP contribution in [0.1, 0.15) is 43.7 Å². The fraction of sp³-hybridized carbons (Fsp3) is 0.600. The first-order valence-electron chi connectivity index (χ1n) is 9.57. The molecule has 0 aromatic heterocycles. The van der Waals surface area contributed by atoms with Crippen LogP contribution >= 0.6 is 11.6 Å². The number of hydrogen-bond acceptors (Lipinski definition) is 3. The number of nitrogens with zero attached hydrogens (tertiary/aromatic N) is 1. The third-order valence-corrected chi connectivity index (χ3v) is 5.52. The summed E-state index contributed by atoms with van der Waals surface area (Å²) in [7, 11) is 0. The molecule has 0 bridgehead atoms. The van der Waals surface area contributed by atoms with Crippen LogP contribution in [-0.4, -0.2) is 42.4 Å². The van der Waals surface area contributed by atoms with Gasteiger partial charge in [0.2, 0.25) is 11.8 Å². The standard InChI is InChI=1S/C20H28ClN3O2/c1-14(25)23-10-8-15-4-7-19(21)17(11-15)13-24(18-5-6-18)20(26)16-3-2-9-22-12-16/h4,7,11,16,18,22H,2-3,5-6,8-10,12-13H2,1H3,(H,23,25). The van der Waals surface area contributed by atoms with Gasteiger partial charge in [0.25, 0.3) is 0 Å². The van der Waals surface area contributed by atoms with Crippen LogP contribution in [-0.2, 0) is 22.6 Å². The lowest BCUT2D eigenvalue weighted by atomic mass is 9.97. The van der Waals surface area contributed by atoms with Crippen molar-refractivity contribution in [1.82, 2.24) is 15.5 Å². The Morgan fingerprint density at radius 3 is 2.77 bits per heavy atom. The summed E-state index contributed by atoms with van der Waals surface area (Å²) in [4.78, 5) is 26.1. The highest BCUT2D eigenvalue weighted by Gasteiger charge is 2.36. The van der Waals surface area contributed by atoms with Gasteiger partial charge in [-0.1, -0.05) is 23.7 Å². The van der Waals surface area contributed by atoms with Gasteiger partial charge in [-0.2, -0.15) is 0 Å². The molecule has 1 unspecified atom stereocenters. The Morgan fingerprint density at radius 1 is 1.31 bits per heavy atom. The minimum absolute atomic E-state index is 0.0224. The maximum absolute atomic E-state index is 13.0. The van der Waals surface area contributed by atoms with Crippen molar-refractivity contribution >= 4 is 23.4 Å². The molecule has 2 amide bonds. The molecule has 1 aromatic rings. The Kier molecular flexibility index (Phi) is 6.54. The van der Waals surface area contributed by atoms with Crippen molar-refractivity contribution in [3.05, 3.63) is 34.3 Å². The predicted octanol–water partition coefficient (Wildman–Crippen LogP) is 2.51. The number of amides is 2. The van der Waals surface area contributed by atoms with E-state index in [0.29, 0.717) is 24.2 Å². The van der Waals surface area contributed by atoms with Crippen molar-refractivity contribution < 1.29 is 9.59 Å². The third kappa shape index (κ3) is 5.21. The minimum Gasteiger partial charge on any atom is -0.356 e. The summed E-state index contributed by atoms with van der Waals surface area (Å²) < 4.78 is 0. The van der Waals surface area contributed by atoms with E-state index < -0.39 is 0 Å². The van der Waals surface area contributed by atoms with E-state index in [1.165, 1.54) is 6.92 Å². The third-order valence-electron chi connectivity index (χ3n) is 5.16. The Hall–Kier alpha value is -1.59. The summed E-state index contributed by atoms with van der Waals surface area (Å²) in [6, 6.07) is 6.33. The maximum Gasteiger partial charge on any atom is 0.227 e. The molecule has 2 N–H and O–H groups in total. The number of nitrogens with one attached hydrogen (secondary N) is 2. The number of halogens is 1. The second kappa shape index (κ2) is 8.87. The number of hydrogen-bond donors (Lipinski definition) is 2. The van der Waals surface area contributed by atoms with Crippen LogP contribution in [0.4, 0.5) is 0 Å². The van der Waals surface area contributed by atoms with Gasteiger partial charge in [-0.3, -0.25) is 9.59 Å². The first-order valence-corrected chi connectivity index (χ1v) is 9.95. The SMILES string of the molecule is CC(=O)NCCc1ccc(Cl)c(CN(C(=O)C2CCCNC2)C2CC2)c1. The molecule has 142 valence electrons. The molecule has 1 aliphatic carbocycles. The van der Waals surface area contributed by atoms with E-state index >= 15 is 0 Å². The van der Waals surface area contributed by atoms with Crippen molar-refractivity contribution in [2.45, 2.75) is 51.6 Å². The van der Waals surface area contributed by atoms with E-state index in [0.717, 1.165) is 56.3 Å². The highest BCUT2D eigenvalue weighted by Crippen LogP contribution is 2.32. The molecule has 0 radical (unpaired) electrons. The molecule has 26 heavy (non-hydrogen) atoms. The van der Waals surface area contributed by atoms with Crippen LogP contribution in [0, 0.1) is 5.92 Å². The summed E-state index contributed by atoms with van der Waals surface area (Å²) in [6.45, 7) is 4.50. The first kappa shape index (κ1) is 19.2. The van der Waals surface area contributed by atoms with Gasteiger partial charge < -0.3 is 15.5 Å². The topological polar surface area (TPSA) is 61.4 Å². The largest absolute Gasteiger partial charge is 0.356 e. The van der Waals surface area contributed by atoms with Gasteiger partial charge >= 0.3 is 0 Å². The van der Waals surface area contributed by atoms with Gasteiger partial charge in [0.05, 0.1) is 5.92 Å². The highest BCUT2D eigenvalue weighted by molar-refractivity contribution is 6.31. The molecule has 2 aliphatic rings. The number of rotatable bonds is 7. The lowest BCUT2D eigenvalue weighted by Crippen LogP contribution is -2.43. The van der Waals surface area contributed by atoms with Crippen LogP contribution < -0.4 is 10.6 Å². The van der Waals surface area contributed by atoms with Gasteiger partial charge in [0, 0.05) is 37.6 Å². The predicted molar refractivity (Wildman–Crippen MR) is 103 cm³/mol. The second-order valence-corrected chi connectivity index (χ2v) is 7.81.